The lowest BCUT2D eigenvalue weighted by atomic mass is 9.97. The second kappa shape index (κ2) is 9.71. The molecule has 7 nitrogen and oxygen atoms in total. The van der Waals surface area contributed by atoms with Crippen molar-refractivity contribution in [3.05, 3.63) is 47.1 Å². The first-order valence-electron chi connectivity index (χ1n) is 9.51. The van der Waals surface area contributed by atoms with Gasteiger partial charge in [0.2, 0.25) is 5.91 Å². The molecule has 1 aromatic heterocycles. The maximum absolute atomic E-state index is 12.5. The van der Waals surface area contributed by atoms with E-state index in [-0.39, 0.29) is 24.3 Å². The SMILES string of the molecule is CCOC(=O)C1CCN(CC(=O)Nc2ccnn2Cc2ccccc2Cl)CC1. The Balaban J connectivity index is 1.51. The molecule has 1 aliphatic heterocycles. The Morgan fingerprint density at radius 1 is 1.25 bits per heavy atom. The molecule has 0 radical (unpaired) electrons. The summed E-state index contributed by atoms with van der Waals surface area (Å²) in [5, 5.41) is 7.86. The monoisotopic (exact) mass is 404 g/mol. The minimum atomic E-state index is -0.130. The van der Waals surface area contributed by atoms with Crippen LogP contribution in [0.4, 0.5) is 5.82 Å². The van der Waals surface area contributed by atoms with Gasteiger partial charge in [-0.1, -0.05) is 29.8 Å². The molecule has 1 aliphatic rings. The van der Waals surface area contributed by atoms with Crippen molar-refractivity contribution < 1.29 is 14.3 Å². The molecule has 1 amide bonds. The lowest BCUT2D eigenvalue weighted by Crippen LogP contribution is -2.41. The summed E-state index contributed by atoms with van der Waals surface area (Å²) < 4.78 is 6.80. The third-order valence-corrected chi connectivity index (χ3v) is 5.21. The predicted molar refractivity (Wildman–Crippen MR) is 107 cm³/mol. The molecule has 1 N–H and O–H groups in total. The molecule has 2 heterocycles. The van der Waals surface area contributed by atoms with Gasteiger partial charge >= 0.3 is 5.97 Å². The van der Waals surface area contributed by atoms with Crippen molar-refractivity contribution in [3.8, 4) is 0 Å². The van der Waals surface area contributed by atoms with Gasteiger partial charge in [0.25, 0.3) is 0 Å². The fourth-order valence-corrected chi connectivity index (χ4v) is 3.52. The highest BCUT2D eigenvalue weighted by Crippen LogP contribution is 2.20. The van der Waals surface area contributed by atoms with E-state index in [0.717, 1.165) is 18.4 Å². The maximum Gasteiger partial charge on any atom is 0.309 e. The quantitative estimate of drug-likeness (QED) is 0.718. The molecular weight excluding hydrogens is 380 g/mol. The van der Waals surface area contributed by atoms with E-state index >= 15 is 0 Å². The van der Waals surface area contributed by atoms with Crippen molar-refractivity contribution in [2.45, 2.75) is 26.3 Å². The summed E-state index contributed by atoms with van der Waals surface area (Å²) in [6, 6.07) is 9.33. The first kappa shape index (κ1) is 20.4. The van der Waals surface area contributed by atoms with Gasteiger partial charge in [0.1, 0.15) is 5.82 Å². The van der Waals surface area contributed by atoms with Gasteiger partial charge in [-0.25, -0.2) is 4.68 Å². The molecule has 0 spiro atoms. The number of nitrogens with zero attached hydrogens (tertiary/aromatic N) is 3. The van der Waals surface area contributed by atoms with Gasteiger partial charge in [-0.3, -0.25) is 14.5 Å². The van der Waals surface area contributed by atoms with Crippen LogP contribution in [-0.2, 0) is 20.9 Å². The van der Waals surface area contributed by atoms with Crippen LogP contribution in [0, 0.1) is 5.92 Å². The van der Waals surface area contributed by atoms with Crippen molar-refractivity contribution in [2.75, 3.05) is 31.6 Å². The number of likely N-dealkylation sites (tertiary alicyclic amines) is 1. The van der Waals surface area contributed by atoms with E-state index in [1.807, 2.05) is 31.2 Å². The topological polar surface area (TPSA) is 76.5 Å². The van der Waals surface area contributed by atoms with Crippen LogP contribution >= 0.6 is 11.6 Å². The molecule has 1 saturated heterocycles. The summed E-state index contributed by atoms with van der Waals surface area (Å²) in [5.41, 5.74) is 0.935. The Kier molecular flexibility index (Phi) is 7.06. The molecule has 2 aromatic rings. The molecule has 0 unspecified atom stereocenters. The van der Waals surface area contributed by atoms with E-state index in [9.17, 15) is 9.59 Å². The number of esters is 1. The van der Waals surface area contributed by atoms with E-state index in [2.05, 4.69) is 15.3 Å². The molecule has 3 rings (SSSR count). The van der Waals surface area contributed by atoms with Crippen LogP contribution < -0.4 is 5.32 Å². The second-order valence-corrected chi connectivity index (χ2v) is 7.22. The number of nitrogens with one attached hydrogen (secondary N) is 1. The first-order valence-corrected chi connectivity index (χ1v) is 9.88. The second-order valence-electron chi connectivity index (χ2n) is 6.82. The summed E-state index contributed by atoms with van der Waals surface area (Å²) in [5.74, 6) is 0.341. The summed E-state index contributed by atoms with van der Waals surface area (Å²) >= 11 is 6.21. The van der Waals surface area contributed by atoms with Crippen LogP contribution in [0.2, 0.25) is 5.02 Å². The van der Waals surface area contributed by atoms with Crippen molar-refractivity contribution in [2.24, 2.45) is 5.92 Å². The third kappa shape index (κ3) is 5.33. The molecule has 0 saturated carbocycles. The largest absolute Gasteiger partial charge is 0.466 e. The number of aromatic nitrogens is 2. The number of anilines is 1. The minimum absolute atomic E-state index is 0.0590. The van der Waals surface area contributed by atoms with Gasteiger partial charge in [-0.05, 0) is 44.5 Å². The molecule has 28 heavy (non-hydrogen) atoms. The van der Waals surface area contributed by atoms with Crippen LogP contribution in [0.1, 0.15) is 25.3 Å². The van der Waals surface area contributed by atoms with Gasteiger partial charge in [0, 0.05) is 11.1 Å². The number of rotatable bonds is 7. The molecule has 0 aliphatic carbocycles. The zero-order valence-electron chi connectivity index (χ0n) is 15.9. The molecule has 1 fully saturated rings. The molecule has 1 aromatic carbocycles. The van der Waals surface area contributed by atoms with Crippen LogP contribution in [0.3, 0.4) is 0 Å². The van der Waals surface area contributed by atoms with E-state index in [0.29, 0.717) is 37.1 Å². The third-order valence-electron chi connectivity index (χ3n) is 4.84. The standard InChI is InChI=1S/C20H25ClN4O3/c1-2-28-20(27)15-8-11-24(12-9-15)14-19(26)23-18-7-10-22-25(18)13-16-5-3-4-6-17(16)21/h3-7,10,15H,2,8-9,11-14H2,1H3,(H,23,26). The average molecular weight is 405 g/mol. The van der Waals surface area contributed by atoms with Crippen molar-refractivity contribution in [3.63, 3.8) is 0 Å². The number of hydrogen-bond acceptors (Lipinski definition) is 5. The maximum atomic E-state index is 12.5. The summed E-state index contributed by atoms with van der Waals surface area (Å²) in [6.07, 6.45) is 3.09. The predicted octanol–water partition coefficient (Wildman–Crippen LogP) is 2.80. The Morgan fingerprint density at radius 3 is 2.71 bits per heavy atom. The fourth-order valence-electron chi connectivity index (χ4n) is 3.33. The zero-order chi connectivity index (χ0) is 19.9. The van der Waals surface area contributed by atoms with E-state index in [1.54, 1.807) is 16.9 Å². The number of hydrogen-bond donors (Lipinski definition) is 1. The van der Waals surface area contributed by atoms with Crippen LogP contribution in [0.15, 0.2) is 36.5 Å². The summed E-state index contributed by atoms with van der Waals surface area (Å²) in [6.45, 7) is 4.39. The van der Waals surface area contributed by atoms with Crippen LogP contribution in [0.5, 0.6) is 0 Å². The highest BCUT2D eigenvalue weighted by atomic mass is 35.5. The lowest BCUT2D eigenvalue weighted by molar-refractivity contribution is -0.149. The summed E-state index contributed by atoms with van der Waals surface area (Å²) in [4.78, 5) is 26.3. The Morgan fingerprint density at radius 2 is 2.00 bits per heavy atom. The normalized spacial score (nSPS) is 15.4. The molecule has 8 heteroatoms. The highest BCUT2D eigenvalue weighted by Gasteiger charge is 2.26. The Labute approximate surface area is 169 Å². The number of amides is 1. The number of benzene rings is 1. The Bertz CT molecular complexity index is 815. The van der Waals surface area contributed by atoms with E-state index in [4.69, 9.17) is 16.3 Å². The molecule has 0 bridgehead atoms. The molecule has 0 atom stereocenters. The number of piperidine rings is 1. The van der Waals surface area contributed by atoms with Gasteiger partial charge in [0.05, 0.1) is 31.8 Å². The summed E-state index contributed by atoms with van der Waals surface area (Å²) in [7, 11) is 0. The van der Waals surface area contributed by atoms with Gasteiger partial charge < -0.3 is 10.1 Å². The first-order chi connectivity index (χ1) is 13.6. The Hall–Kier alpha value is -2.38. The fraction of sp³-hybridized carbons (Fsp3) is 0.450. The number of carbonyl (C=O) groups excluding carboxylic acids is 2. The van der Waals surface area contributed by atoms with Crippen LogP contribution in [-0.4, -0.2) is 52.8 Å². The molecular formula is C20H25ClN4O3. The minimum Gasteiger partial charge on any atom is -0.466 e. The lowest BCUT2D eigenvalue weighted by Gasteiger charge is -2.30. The number of carbonyl (C=O) groups is 2. The van der Waals surface area contributed by atoms with Gasteiger partial charge in [-0.15, -0.1) is 0 Å². The number of ether oxygens (including phenoxy) is 1. The molecule has 150 valence electrons. The smallest absolute Gasteiger partial charge is 0.309 e. The van der Waals surface area contributed by atoms with E-state index in [1.165, 1.54) is 0 Å². The van der Waals surface area contributed by atoms with Crippen molar-refractivity contribution >= 4 is 29.3 Å². The average Bonchev–Trinajstić information content (AvgIpc) is 3.11. The van der Waals surface area contributed by atoms with E-state index < -0.39 is 0 Å². The van der Waals surface area contributed by atoms with Gasteiger partial charge in [0.15, 0.2) is 0 Å². The zero-order valence-corrected chi connectivity index (χ0v) is 16.7. The van der Waals surface area contributed by atoms with Crippen molar-refractivity contribution in [1.82, 2.24) is 14.7 Å². The highest BCUT2D eigenvalue weighted by molar-refractivity contribution is 6.31. The number of halogens is 1. The van der Waals surface area contributed by atoms with Gasteiger partial charge in [-0.2, -0.15) is 5.10 Å². The van der Waals surface area contributed by atoms with Crippen molar-refractivity contribution in [1.29, 1.82) is 0 Å². The van der Waals surface area contributed by atoms with Crippen LogP contribution in [0.25, 0.3) is 0 Å².